The molecule has 0 aliphatic carbocycles. The van der Waals surface area contributed by atoms with Crippen molar-refractivity contribution < 1.29 is 4.79 Å². The van der Waals surface area contributed by atoms with Gasteiger partial charge in [0, 0.05) is 25.5 Å². The highest BCUT2D eigenvalue weighted by atomic mass is 35.5. The standard InChI is InChI=1S/C9H14ClN3O/c10-7-9(14)12-3-1-2-5-13-6-4-11-8-13/h4,6,8H,1-3,5,7H2,(H,12,14). The fraction of sp³-hybridized carbons (Fsp3) is 0.556. The molecule has 0 saturated carbocycles. The maximum Gasteiger partial charge on any atom is 0.234 e. The summed E-state index contributed by atoms with van der Waals surface area (Å²) in [4.78, 5) is 14.7. The molecule has 0 aliphatic heterocycles. The van der Waals surface area contributed by atoms with E-state index in [-0.39, 0.29) is 11.8 Å². The van der Waals surface area contributed by atoms with Gasteiger partial charge >= 0.3 is 0 Å². The fourth-order valence-electron chi connectivity index (χ4n) is 1.11. The molecule has 5 heteroatoms. The van der Waals surface area contributed by atoms with E-state index >= 15 is 0 Å². The van der Waals surface area contributed by atoms with E-state index in [0.29, 0.717) is 6.54 Å². The maximum atomic E-state index is 10.7. The van der Waals surface area contributed by atoms with E-state index in [0.717, 1.165) is 19.4 Å². The zero-order chi connectivity index (χ0) is 10.2. The van der Waals surface area contributed by atoms with Crippen LogP contribution in [0.1, 0.15) is 12.8 Å². The lowest BCUT2D eigenvalue weighted by Gasteiger charge is -2.03. The van der Waals surface area contributed by atoms with Gasteiger partial charge in [0.2, 0.25) is 5.91 Å². The Bertz CT molecular complexity index is 261. The molecule has 1 rings (SSSR count). The van der Waals surface area contributed by atoms with E-state index in [1.165, 1.54) is 0 Å². The number of alkyl halides is 1. The summed E-state index contributed by atoms with van der Waals surface area (Å²) in [6.07, 6.45) is 7.46. The van der Waals surface area contributed by atoms with E-state index in [9.17, 15) is 4.79 Å². The van der Waals surface area contributed by atoms with Crippen molar-refractivity contribution in [2.45, 2.75) is 19.4 Å². The largest absolute Gasteiger partial charge is 0.355 e. The van der Waals surface area contributed by atoms with Gasteiger partial charge < -0.3 is 9.88 Å². The lowest BCUT2D eigenvalue weighted by molar-refractivity contribution is -0.118. The predicted octanol–water partition coefficient (Wildman–Crippen LogP) is 1.02. The monoisotopic (exact) mass is 215 g/mol. The first kappa shape index (κ1) is 11.0. The zero-order valence-corrected chi connectivity index (χ0v) is 8.70. The van der Waals surface area contributed by atoms with Crippen molar-refractivity contribution in [3.05, 3.63) is 18.7 Å². The van der Waals surface area contributed by atoms with Crippen molar-refractivity contribution in [3.8, 4) is 0 Å². The number of imidazole rings is 1. The van der Waals surface area contributed by atoms with Crippen LogP contribution in [-0.4, -0.2) is 27.9 Å². The van der Waals surface area contributed by atoms with Gasteiger partial charge in [-0.05, 0) is 12.8 Å². The molecule has 0 atom stereocenters. The average Bonchev–Trinajstić information content (AvgIpc) is 2.69. The first-order chi connectivity index (χ1) is 6.83. The van der Waals surface area contributed by atoms with Crippen LogP contribution in [-0.2, 0) is 11.3 Å². The van der Waals surface area contributed by atoms with Gasteiger partial charge in [-0.25, -0.2) is 4.98 Å². The second kappa shape index (κ2) is 6.43. The Balaban J connectivity index is 1.97. The molecule has 0 spiro atoms. The van der Waals surface area contributed by atoms with Gasteiger partial charge in [0.1, 0.15) is 5.88 Å². The number of unbranched alkanes of at least 4 members (excludes halogenated alkanes) is 1. The topological polar surface area (TPSA) is 46.9 Å². The summed E-state index contributed by atoms with van der Waals surface area (Å²) in [5.74, 6) is -0.0593. The number of amides is 1. The SMILES string of the molecule is O=C(CCl)NCCCCn1ccnc1. The summed E-state index contributed by atoms with van der Waals surface area (Å²) in [5, 5.41) is 2.72. The van der Waals surface area contributed by atoms with Crippen molar-refractivity contribution in [1.82, 2.24) is 14.9 Å². The van der Waals surface area contributed by atoms with Gasteiger partial charge in [0.25, 0.3) is 0 Å². The highest BCUT2D eigenvalue weighted by Crippen LogP contribution is 1.93. The number of carbonyl (C=O) groups is 1. The Morgan fingerprint density at radius 2 is 2.36 bits per heavy atom. The summed E-state index contributed by atoms with van der Waals surface area (Å²) >= 11 is 5.32. The summed E-state index contributed by atoms with van der Waals surface area (Å²) in [7, 11) is 0. The molecular formula is C9H14ClN3O. The highest BCUT2D eigenvalue weighted by molar-refractivity contribution is 6.27. The molecule has 0 saturated heterocycles. The number of carbonyl (C=O) groups excluding carboxylic acids is 1. The van der Waals surface area contributed by atoms with Crippen molar-refractivity contribution in [1.29, 1.82) is 0 Å². The Morgan fingerprint density at radius 1 is 1.50 bits per heavy atom. The Kier molecular flexibility index (Phi) is 5.07. The number of rotatable bonds is 6. The van der Waals surface area contributed by atoms with E-state index < -0.39 is 0 Å². The van der Waals surface area contributed by atoms with Crippen molar-refractivity contribution >= 4 is 17.5 Å². The molecule has 1 aromatic rings. The van der Waals surface area contributed by atoms with E-state index in [4.69, 9.17) is 11.6 Å². The summed E-state index contributed by atoms with van der Waals surface area (Å²) in [5.41, 5.74) is 0. The Morgan fingerprint density at radius 3 is 3.00 bits per heavy atom. The lowest BCUT2D eigenvalue weighted by atomic mass is 10.3. The molecule has 0 fully saturated rings. The first-order valence-corrected chi connectivity index (χ1v) is 5.15. The fourth-order valence-corrected chi connectivity index (χ4v) is 1.21. The molecule has 1 aromatic heterocycles. The number of halogens is 1. The number of hydrogen-bond donors (Lipinski definition) is 1. The first-order valence-electron chi connectivity index (χ1n) is 4.61. The smallest absolute Gasteiger partial charge is 0.234 e. The number of aromatic nitrogens is 2. The average molecular weight is 216 g/mol. The zero-order valence-electron chi connectivity index (χ0n) is 7.95. The van der Waals surface area contributed by atoms with E-state index in [2.05, 4.69) is 10.3 Å². The van der Waals surface area contributed by atoms with Crippen LogP contribution in [0.2, 0.25) is 0 Å². The Hall–Kier alpha value is -1.03. The molecule has 0 aliphatic rings. The van der Waals surface area contributed by atoms with Gasteiger partial charge in [-0.2, -0.15) is 0 Å². The highest BCUT2D eigenvalue weighted by Gasteiger charge is 1.96. The lowest BCUT2D eigenvalue weighted by Crippen LogP contribution is -2.25. The van der Waals surface area contributed by atoms with E-state index in [1.807, 2.05) is 10.8 Å². The summed E-state index contributed by atoms with van der Waals surface area (Å²) < 4.78 is 2.02. The molecule has 1 N–H and O–H groups in total. The molecule has 0 unspecified atom stereocenters. The van der Waals surface area contributed by atoms with E-state index in [1.54, 1.807) is 12.5 Å². The van der Waals surface area contributed by atoms with Crippen LogP contribution in [0.15, 0.2) is 18.7 Å². The third kappa shape index (κ3) is 4.28. The van der Waals surface area contributed by atoms with Crippen LogP contribution < -0.4 is 5.32 Å². The summed E-state index contributed by atoms with van der Waals surface area (Å²) in [6, 6.07) is 0. The van der Waals surface area contributed by atoms with Crippen LogP contribution >= 0.6 is 11.6 Å². The van der Waals surface area contributed by atoms with Crippen LogP contribution in [0.25, 0.3) is 0 Å². The minimum absolute atomic E-state index is 0.0432. The number of nitrogens with zero attached hydrogens (tertiary/aromatic N) is 2. The van der Waals surface area contributed by atoms with Gasteiger partial charge in [-0.3, -0.25) is 4.79 Å². The van der Waals surface area contributed by atoms with Crippen LogP contribution in [0.4, 0.5) is 0 Å². The number of aryl methyl sites for hydroxylation is 1. The minimum atomic E-state index is -0.103. The molecule has 1 amide bonds. The minimum Gasteiger partial charge on any atom is -0.355 e. The Labute approximate surface area is 88.3 Å². The molecule has 14 heavy (non-hydrogen) atoms. The molecular weight excluding hydrogens is 202 g/mol. The molecule has 1 heterocycles. The van der Waals surface area contributed by atoms with Crippen LogP contribution in [0.3, 0.4) is 0 Å². The molecule has 4 nitrogen and oxygen atoms in total. The van der Waals surface area contributed by atoms with Crippen molar-refractivity contribution in [2.24, 2.45) is 0 Å². The second-order valence-corrected chi connectivity index (χ2v) is 3.26. The van der Waals surface area contributed by atoms with Crippen LogP contribution in [0.5, 0.6) is 0 Å². The van der Waals surface area contributed by atoms with Gasteiger partial charge in [-0.15, -0.1) is 11.6 Å². The molecule has 78 valence electrons. The molecule has 0 aromatic carbocycles. The quantitative estimate of drug-likeness (QED) is 0.569. The summed E-state index contributed by atoms with van der Waals surface area (Å²) in [6.45, 7) is 1.64. The molecule has 0 radical (unpaired) electrons. The number of nitrogens with one attached hydrogen (secondary N) is 1. The predicted molar refractivity (Wildman–Crippen MR) is 55.2 cm³/mol. The van der Waals surface area contributed by atoms with Gasteiger partial charge in [0.15, 0.2) is 0 Å². The normalized spacial score (nSPS) is 10.1. The third-order valence-electron chi connectivity index (χ3n) is 1.85. The van der Waals surface area contributed by atoms with Crippen molar-refractivity contribution in [2.75, 3.05) is 12.4 Å². The van der Waals surface area contributed by atoms with Crippen LogP contribution in [0, 0.1) is 0 Å². The van der Waals surface area contributed by atoms with Gasteiger partial charge in [-0.1, -0.05) is 0 Å². The third-order valence-corrected chi connectivity index (χ3v) is 2.09. The van der Waals surface area contributed by atoms with Crippen molar-refractivity contribution in [3.63, 3.8) is 0 Å². The molecule has 0 bridgehead atoms. The van der Waals surface area contributed by atoms with Gasteiger partial charge in [0.05, 0.1) is 6.33 Å². The second-order valence-electron chi connectivity index (χ2n) is 2.99. The number of hydrogen-bond acceptors (Lipinski definition) is 2. The maximum absolute atomic E-state index is 10.7.